The Labute approximate surface area is 118 Å². The smallest absolute Gasteiger partial charge is 0.246 e. The molecule has 1 amide bonds. The van der Waals surface area contributed by atoms with Crippen LogP contribution in [0.1, 0.15) is 45.2 Å². The number of amides is 1. The van der Waals surface area contributed by atoms with Crippen LogP contribution in [0.15, 0.2) is 17.8 Å². The Morgan fingerprint density at radius 3 is 2.90 bits per heavy atom. The fourth-order valence-corrected chi connectivity index (χ4v) is 2.58. The van der Waals surface area contributed by atoms with Gasteiger partial charge < -0.3 is 10.0 Å². The van der Waals surface area contributed by atoms with Gasteiger partial charge in [-0.1, -0.05) is 19.4 Å². The Morgan fingerprint density at radius 1 is 1.55 bits per heavy atom. The molecule has 1 aromatic rings. The van der Waals surface area contributed by atoms with E-state index in [4.69, 9.17) is 0 Å². The van der Waals surface area contributed by atoms with Crippen molar-refractivity contribution in [2.45, 2.75) is 45.1 Å². The van der Waals surface area contributed by atoms with Crippen molar-refractivity contribution in [2.24, 2.45) is 0 Å². The maximum Gasteiger partial charge on any atom is 0.246 e. The highest BCUT2D eigenvalue weighted by molar-refractivity contribution is 5.88. The van der Waals surface area contributed by atoms with E-state index >= 15 is 0 Å². The van der Waals surface area contributed by atoms with Crippen LogP contribution in [-0.2, 0) is 10.4 Å². The van der Waals surface area contributed by atoms with Gasteiger partial charge in [-0.15, -0.1) is 0 Å². The number of aliphatic hydroxyl groups is 1. The lowest BCUT2D eigenvalue weighted by molar-refractivity contribution is -0.133. The highest BCUT2D eigenvalue weighted by Crippen LogP contribution is 2.29. The summed E-state index contributed by atoms with van der Waals surface area (Å²) >= 11 is 0. The number of nitrogens with zero attached hydrogens (tertiary/aromatic N) is 3. The average Bonchev–Trinajstić information content (AvgIpc) is 2.99. The molecule has 0 saturated carbocycles. The maximum absolute atomic E-state index is 12.3. The van der Waals surface area contributed by atoms with Gasteiger partial charge in [0, 0.05) is 12.6 Å². The Kier molecular flexibility index (Phi) is 4.54. The number of nitrogens with one attached hydrogen (secondary N) is 1. The molecule has 2 N–H and O–H groups in total. The molecule has 2 heterocycles. The van der Waals surface area contributed by atoms with Gasteiger partial charge in [0.25, 0.3) is 0 Å². The Morgan fingerprint density at radius 2 is 2.30 bits per heavy atom. The summed E-state index contributed by atoms with van der Waals surface area (Å²) in [6, 6.07) is 0. The van der Waals surface area contributed by atoms with Crippen LogP contribution in [0.4, 0.5) is 0 Å². The first-order valence-corrected chi connectivity index (χ1v) is 7.16. The van der Waals surface area contributed by atoms with Crippen LogP contribution in [0.5, 0.6) is 0 Å². The molecule has 0 unspecified atom stereocenters. The van der Waals surface area contributed by atoms with Crippen LogP contribution < -0.4 is 0 Å². The van der Waals surface area contributed by atoms with E-state index in [1.54, 1.807) is 11.0 Å². The van der Waals surface area contributed by atoms with Crippen molar-refractivity contribution >= 4 is 5.91 Å². The van der Waals surface area contributed by atoms with E-state index in [1.165, 1.54) is 6.20 Å². The van der Waals surface area contributed by atoms with Gasteiger partial charge in [0.15, 0.2) is 0 Å². The third-order valence-corrected chi connectivity index (χ3v) is 3.91. The number of hydrogen-bond acceptors (Lipinski definition) is 4. The van der Waals surface area contributed by atoms with Gasteiger partial charge in [-0.05, 0) is 25.7 Å². The highest BCUT2D eigenvalue weighted by atomic mass is 16.3. The Balaban J connectivity index is 2.11. The van der Waals surface area contributed by atoms with Gasteiger partial charge >= 0.3 is 0 Å². The van der Waals surface area contributed by atoms with Crippen molar-refractivity contribution in [1.82, 2.24) is 20.3 Å². The largest absolute Gasteiger partial charge is 0.382 e. The molecular weight excluding hydrogens is 256 g/mol. The zero-order valence-electron chi connectivity index (χ0n) is 12.1. The maximum atomic E-state index is 12.3. The van der Waals surface area contributed by atoms with Gasteiger partial charge in [0.05, 0.1) is 12.7 Å². The number of piperidine rings is 1. The predicted octanol–water partition coefficient (Wildman–Crippen LogP) is 1.36. The van der Waals surface area contributed by atoms with E-state index in [2.05, 4.69) is 15.4 Å². The number of carbonyl (C=O) groups excluding carboxylic acids is 1. The topological polar surface area (TPSA) is 82.1 Å². The molecule has 0 aliphatic carbocycles. The van der Waals surface area contributed by atoms with E-state index in [0.29, 0.717) is 18.7 Å². The molecule has 2 rings (SSSR count). The molecule has 6 nitrogen and oxygen atoms in total. The lowest BCUT2D eigenvalue weighted by Crippen LogP contribution is -2.48. The number of β-amino-alcohol motifs (C(OH)–C–C–N with tert-alkyl or cyclic N) is 1. The third kappa shape index (κ3) is 3.07. The monoisotopic (exact) mass is 278 g/mol. The average molecular weight is 278 g/mol. The molecule has 0 bridgehead atoms. The first-order valence-electron chi connectivity index (χ1n) is 7.16. The molecule has 1 atom stereocenters. The number of H-pyrrole nitrogens is 1. The number of hydrogen-bond donors (Lipinski definition) is 2. The number of aromatic nitrogens is 3. The van der Waals surface area contributed by atoms with E-state index in [-0.39, 0.29) is 12.5 Å². The minimum atomic E-state index is -1.09. The second-order valence-corrected chi connectivity index (χ2v) is 5.26. The summed E-state index contributed by atoms with van der Waals surface area (Å²) in [6.07, 6.45) is 6.34. The quantitative estimate of drug-likeness (QED) is 0.815. The minimum absolute atomic E-state index is 0.0229. The van der Waals surface area contributed by atoms with Crippen molar-refractivity contribution in [3.05, 3.63) is 23.5 Å². The third-order valence-electron chi connectivity index (χ3n) is 3.91. The summed E-state index contributed by atoms with van der Waals surface area (Å²) in [4.78, 5) is 14.0. The summed E-state index contributed by atoms with van der Waals surface area (Å²) in [6.45, 7) is 5.04. The molecule has 0 spiro atoms. The van der Waals surface area contributed by atoms with E-state index in [1.807, 2.05) is 13.8 Å². The molecule has 0 radical (unpaired) electrons. The van der Waals surface area contributed by atoms with Crippen molar-refractivity contribution in [3.63, 3.8) is 0 Å². The van der Waals surface area contributed by atoms with Gasteiger partial charge in [-0.3, -0.25) is 4.79 Å². The normalized spacial score (nSPS) is 22.6. The first kappa shape index (κ1) is 14.7. The lowest BCUT2D eigenvalue weighted by atomic mass is 9.90. The molecule has 1 saturated heterocycles. The van der Waals surface area contributed by atoms with E-state index in [0.717, 1.165) is 24.8 Å². The molecule has 1 aliphatic rings. The molecule has 0 aromatic carbocycles. The van der Waals surface area contributed by atoms with Gasteiger partial charge in [-0.25, -0.2) is 0 Å². The van der Waals surface area contributed by atoms with Crippen molar-refractivity contribution in [2.75, 3.05) is 13.1 Å². The van der Waals surface area contributed by atoms with Crippen molar-refractivity contribution in [3.8, 4) is 0 Å². The number of aromatic amines is 1. The standard InChI is InChI=1S/C14H22N4O2/c1-3-11(4-2)8-13(19)18-7-5-6-14(20,10-18)12-9-15-17-16-12/h8-9,20H,3-7,10H2,1-2H3,(H,15,16,17)/t14-/m0/s1. The molecule has 1 aliphatic heterocycles. The highest BCUT2D eigenvalue weighted by Gasteiger charge is 2.38. The second kappa shape index (κ2) is 6.17. The number of allylic oxidation sites excluding steroid dienone is 1. The van der Waals surface area contributed by atoms with Gasteiger partial charge in [0.2, 0.25) is 5.91 Å². The summed E-state index contributed by atoms with van der Waals surface area (Å²) in [5.74, 6) is -0.0229. The van der Waals surface area contributed by atoms with Crippen LogP contribution in [0, 0.1) is 0 Å². The minimum Gasteiger partial charge on any atom is -0.382 e. The Bertz CT molecular complexity index is 477. The SMILES string of the molecule is CCC(=CC(=O)N1CCC[C@@](O)(c2cn[nH]n2)C1)CC. The summed E-state index contributed by atoms with van der Waals surface area (Å²) in [7, 11) is 0. The molecule has 20 heavy (non-hydrogen) atoms. The summed E-state index contributed by atoms with van der Waals surface area (Å²) in [5, 5.41) is 20.9. The lowest BCUT2D eigenvalue weighted by Gasteiger charge is -2.37. The fraction of sp³-hybridized carbons (Fsp3) is 0.643. The van der Waals surface area contributed by atoms with E-state index in [9.17, 15) is 9.90 Å². The molecule has 1 aromatic heterocycles. The first-order chi connectivity index (χ1) is 9.59. The van der Waals surface area contributed by atoms with Gasteiger partial charge in [-0.2, -0.15) is 15.4 Å². The fourth-order valence-electron chi connectivity index (χ4n) is 2.58. The summed E-state index contributed by atoms with van der Waals surface area (Å²) < 4.78 is 0. The molecular formula is C14H22N4O2. The van der Waals surface area contributed by atoms with Crippen LogP contribution in [0.2, 0.25) is 0 Å². The molecule has 110 valence electrons. The number of likely N-dealkylation sites (tertiary alicyclic amines) is 1. The summed E-state index contributed by atoms with van der Waals surface area (Å²) in [5.41, 5.74) is 0.545. The van der Waals surface area contributed by atoms with Crippen molar-refractivity contribution < 1.29 is 9.90 Å². The molecule has 1 fully saturated rings. The van der Waals surface area contributed by atoms with Crippen LogP contribution in [0.3, 0.4) is 0 Å². The number of carbonyl (C=O) groups is 1. The zero-order valence-corrected chi connectivity index (χ0v) is 12.1. The predicted molar refractivity (Wildman–Crippen MR) is 74.8 cm³/mol. The number of rotatable bonds is 4. The second-order valence-electron chi connectivity index (χ2n) is 5.26. The van der Waals surface area contributed by atoms with Crippen molar-refractivity contribution in [1.29, 1.82) is 0 Å². The van der Waals surface area contributed by atoms with Crippen LogP contribution in [0.25, 0.3) is 0 Å². The van der Waals surface area contributed by atoms with Crippen LogP contribution in [-0.4, -0.2) is 44.4 Å². The zero-order chi connectivity index (χ0) is 14.6. The molecule has 6 heteroatoms. The Hall–Kier alpha value is -1.69. The van der Waals surface area contributed by atoms with Crippen LogP contribution >= 0.6 is 0 Å². The van der Waals surface area contributed by atoms with E-state index < -0.39 is 5.60 Å². The van der Waals surface area contributed by atoms with Gasteiger partial charge in [0.1, 0.15) is 11.3 Å².